The summed E-state index contributed by atoms with van der Waals surface area (Å²) in [6, 6.07) is 0. The Labute approximate surface area is 522 Å². The van der Waals surface area contributed by atoms with E-state index in [4.69, 9.17) is 9.47 Å². The highest BCUT2D eigenvalue weighted by Gasteiger charge is 2.16. The molecule has 84 heavy (non-hydrogen) atoms. The fourth-order valence-corrected chi connectivity index (χ4v) is 10.6. The minimum Gasteiger partial charge on any atom is -0.462 e. The summed E-state index contributed by atoms with van der Waals surface area (Å²) in [6.45, 7) is 4.05. The Morgan fingerprint density at radius 2 is 0.512 bits per heavy atom. The molecule has 1 N–H and O–H groups in total. The van der Waals surface area contributed by atoms with Gasteiger partial charge in [-0.15, -0.1) is 0 Å². The van der Waals surface area contributed by atoms with Crippen LogP contribution in [0.5, 0.6) is 0 Å². The van der Waals surface area contributed by atoms with Crippen molar-refractivity contribution < 1.29 is 24.2 Å². The third-order valence-corrected chi connectivity index (χ3v) is 16.1. The van der Waals surface area contributed by atoms with Crippen LogP contribution in [0.4, 0.5) is 0 Å². The Hall–Kier alpha value is -3.44. The van der Waals surface area contributed by atoms with Gasteiger partial charge in [0, 0.05) is 12.8 Å². The summed E-state index contributed by atoms with van der Waals surface area (Å²) in [6.07, 6.45) is 107. The van der Waals surface area contributed by atoms with E-state index in [1.54, 1.807) is 0 Å². The van der Waals surface area contributed by atoms with Crippen molar-refractivity contribution in [1.82, 2.24) is 0 Å². The number of aliphatic hydroxyl groups is 1. The van der Waals surface area contributed by atoms with Gasteiger partial charge in [0.05, 0.1) is 6.61 Å². The van der Waals surface area contributed by atoms with Gasteiger partial charge in [-0.05, 0) is 103 Å². The Kier molecular flexibility index (Phi) is 70.8. The van der Waals surface area contributed by atoms with Crippen molar-refractivity contribution in [3.63, 3.8) is 0 Å². The number of allylic oxidation sites excluding steroid dienone is 18. The molecule has 0 amide bonds. The van der Waals surface area contributed by atoms with E-state index in [0.717, 1.165) is 96.3 Å². The quantitative estimate of drug-likeness (QED) is 0.0373. The molecular weight excluding hydrogens is 1030 g/mol. The maximum absolute atomic E-state index is 12.4. The normalized spacial score (nSPS) is 12.8. The second-order valence-corrected chi connectivity index (χ2v) is 24.3. The molecule has 0 saturated heterocycles. The van der Waals surface area contributed by atoms with Crippen molar-refractivity contribution in [3.8, 4) is 0 Å². The van der Waals surface area contributed by atoms with Crippen LogP contribution in [0.1, 0.15) is 361 Å². The van der Waals surface area contributed by atoms with Gasteiger partial charge in [-0.1, -0.05) is 354 Å². The molecule has 0 aromatic carbocycles. The van der Waals surface area contributed by atoms with E-state index in [2.05, 4.69) is 123 Å². The number of rotatable bonds is 67. The van der Waals surface area contributed by atoms with Crippen LogP contribution in [0.15, 0.2) is 109 Å². The third-order valence-electron chi connectivity index (χ3n) is 16.1. The third kappa shape index (κ3) is 71.0. The highest BCUT2D eigenvalue weighted by molar-refractivity contribution is 5.70. The molecule has 0 aliphatic carbocycles. The number of hydrogen-bond acceptors (Lipinski definition) is 5. The van der Waals surface area contributed by atoms with Gasteiger partial charge < -0.3 is 14.6 Å². The molecule has 0 aromatic rings. The number of aliphatic hydroxyl groups excluding tert-OH is 1. The van der Waals surface area contributed by atoms with Crippen LogP contribution in [-0.2, 0) is 19.1 Å². The molecule has 0 radical (unpaired) electrons. The first-order valence-corrected chi connectivity index (χ1v) is 36.4. The fraction of sp³-hybridized carbons (Fsp3) is 0.747. The lowest BCUT2D eigenvalue weighted by atomic mass is 10.0. The Morgan fingerprint density at radius 3 is 0.786 bits per heavy atom. The first-order valence-electron chi connectivity index (χ1n) is 36.4. The largest absolute Gasteiger partial charge is 0.462 e. The number of unbranched alkanes of at least 4 members (excludes halogenated alkanes) is 41. The fourth-order valence-electron chi connectivity index (χ4n) is 10.6. The highest BCUT2D eigenvalue weighted by atomic mass is 16.6. The van der Waals surface area contributed by atoms with E-state index < -0.39 is 6.10 Å². The molecule has 1 unspecified atom stereocenters. The van der Waals surface area contributed by atoms with Gasteiger partial charge in [0.2, 0.25) is 0 Å². The zero-order chi connectivity index (χ0) is 60.5. The molecule has 5 heteroatoms. The Bertz CT molecular complexity index is 1610. The summed E-state index contributed by atoms with van der Waals surface area (Å²) in [7, 11) is 0. The van der Waals surface area contributed by atoms with Crippen LogP contribution in [0.2, 0.25) is 0 Å². The van der Waals surface area contributed by atoms with Crippen molar-refractivity contribution in [3.05, 3.63) is 109 Å². The van der Waals surface area contributed by atoms with Crippen LogP contribution in [0.25, 0.3) is 0 Å². The molecule has 0 aliphatic heterocycles. The number of carbonyl (C=O) groups excluding carboxylic acids is 2. The molecule has 484 valence electrons. The number of esters is 2. The predicted molar refractivity (Wildman–Crippen MR) is 371 cm³/mol. The molecule has 0 rings (SSSR count). The van der Waals surface area contributed by atoms with E-state index in [9.17, 15) is 14.7 Å². The summed E-state index contributed by atoms with van der Waals surface area (Å²) >= 11 is 0. The van der Waals surface area contributed by atoms with Crippen LogP contribution in [0.3, 0.4) is 0 Å². The minimum atomic E-state index is -0.788. The molecule has 0 fully saturated rings. The monoisotopic (exact) mass is 1170 g/mol. The molecular formula is C79H138O5. The predicted octanol–water partition coefficient (Wildman–Crippen LogP) is 25.5. The van der Waals surface area contributed by atoms with Crippen molar-refractivity contribution in [2.24, 2.45) is 0 Å². The zero-order valence-electron chi connectivity index (χ0n) is 55.6. The highest BCUT2D eigenvalue weighted by Crippen LogP contribution is 2.18. The Morgan fingerprint density at radius 1 is 0.286 bits per heavy atom. The van der Waals surface area contributed by atoms with Gasteiger partial charge in [-0.3, -0.25) is 9.59 Å². The van der Waals surface area contributed by atoms with Gasteiger partial charge >= 0.3 is 11.9 Å². The van der Waals surface area contributed by atoms with E-state index in [-0.39, 0.29) is 25.2 Å². The summed E-state index contributed by atoms with van der Waals surface area (Å²) in [5.74, 6) is -0.599. The van der Waals surface area contributed by atoms with Crippen LogP contribution in [-0.4, -0.2) is 36.4 Å². The summed E-state index contributed by atoms with van der Waals surface area (Å²) in [5.41, 5.74) is 0. The van der Waals surface area contributed by atoms with Crippen LogP contribution in [0, 0.1) is 0 Å². The van der Waals surface area contributed by atoms with Gasteiger partial charge in [-0.25, -0.2) is 0 Å². The summed E-state index contributed by atoms with van der Waals surface area (Å²) < 4.78 is 10.8. The van der Waals surface area contributed by atoms with Crippen LogP contribution >= 0.6 is 0 Å². The molecule has 0 saturated carbocycles. The van der Waals surface area contributed by atoms with Crippen molar-refractivity contribution in [1.29, 1.82) is 0 Å². The number of hydrogen-bond donors (Lipinski definition) is 1. The van der Waals surface area contributed by atoms with Crippen molar-refractivity contribution in [2.75, 3.05) is 13.2 Å². The minimum absolute atomic E-state index is 0.0744. The molecule has 0 heterocycles. The molecule has 0 aliphatic rings. The second-order valence-electron chi connectivity index (χ2n) is 24.3. The standard InChI is InChI=1S/C79H138O5/c1-3-5-7-9-11-13-15-17-19-21-23-25-27-29-31-33-35-36-37-38-39-40-41-42-44-45-47-49-51-53-55-57-59-61-63-65-67-69-71-73-78(81)83-76-77(75-80)84-79(82)74-72-70-68-66-64-62-60-58-56-54-52-50-48-46-43-34-32-30-28-26-24-22-20-18-16-14-12-10-8-6-4-2/h6,8,12,14,18,20-21,23-24,26,30,32,43,46,50,52,56,58,77,80H,3-5,7,9-11,13,15-17,19,22,25,27-29,31,33-42,44-45,47-49,51,53-55,57,59-76H2,1-2H3/b8-6-,14-12-,20-18-,23-21-,26-24-,32-30-,46-43-,52-50-,58-56-. The van der Waals surface area contributed by atoms with E-state index in [1.165, 1.54) is 238 Å². The molecule has 1 atom stereocenters. The Balaban J connectivity index is 3.46. The SMILES string of the molecule is CC/C=C\C/C=C\C/C=C\C/C=C\C/C=C\C/C=C\C/C=C\C/C=C\CCCCCCCCC(=O)OC(CO)COC(=O)CCCCCCCCCCCCCCCCCCCCCCCCCCCCC/C=C\CCCCCCCCCC. The van der Waals surface area contributed by atoms with Gasteiger partial charge in [0.1, 0.15) is 6.61 Å². The first kappa shape index (κ1) is 80.6. The molecule has 0 aromatic heterocycles. The van der Waals surface area contributed by atoms with Crippen molar-refractivity contribution in [2.45, 2.75) is 367 Å². The lowest BCUT2D eigenvalue weighted by Gasteiger charge is -2.15. The average Bonchev–Trinajstić information content (AvgIpc) is 3.51. The molecule has 5 nitrogen and oxygen atoms in total. The topological polar surface area (TPSA) is 72.8 Å². The molecule has 0 spiro atoms. The number of ether oxygens (including phenoxy) is 2. The smallest absolute Gasteiger partial charge is 0.306 e. The van der Waals surface area contributed by atoms with E-state index >= 15 is 0 Å². The molecule has 0 bridgehead atoms. The van der Waals surface area contributed by atoms with Crippen molar-refractivity contribution >= 4 is 11.9 Å². The van der Waals surface area contributed by atoms with Crippen LogP contribution < -0.4 is 0 Å². The first-order chi connectivity index (χ1) is 41.6. The van der Waals surface area contributed by atoms with Gasteiger partial charge in [-0.2, -0.15) is 0 Å². The lowest BCUT2D eigenvalue weighted by molar-refractivity contribution is -0.161. The maximum Gasteiger partial charge on any atom is 0.306 e. The zero-order valence-corrected chi connectivity index (χ0v) is 55.6. The average molecular weight is 1170 g/mol. The lowest BCUT2D eigenvalue weighted by Crippen LogP contribution is -2.28. The maximum atomic E-state index is 12.4. The second kappa shape index (κ2) is 73.8. The van der Waals surface area contributed by atoms with E-state index in [1.807, 2.05) is 0 Å². The number of carbonyl (C=O) groups is 2. The van der Waals surface area contributed by atoms with Gasteiger partial charge in [0.15, 0.2) is 6.10 Å². The van der Waals surface area contributed by atoms with E-state index in [0.29, 0.717) is 12.8 Å². The summed E-state index contributed by atoms with van der Waals surface area (Å²) in [4.78, 5) is 24.7. The van der Waals surface area contributed by atoms with Gasteiger partial charge in [0.25, 0.3) is 0 Å². The summed E-state index contributed by atoms with van der Waals surface area (Å²) in [5, 5.41) is 9.70.